The summed E-state index contributed by atoms with van der Waals surface area (Å²) in [6.45, 7) is 14.0. The Morgan fingerprint density at radius 1 is 0.710 bits per heavy atom. The van der Waals surface area contributed by atoms with E-state index in [1.807, 2.05) is 52.5 Å². The van der Waals surface area contributed by atoms with Crippen LogP contribution >= 0.6 is 0 Å². The lowest BCUT2D eigenvalue weighted by Gasteiger charge is -2.26. The number of aromatic nitrogens is 2. The molecule has 5 nitrogen and oxygen atoms in total. The predicted molar refractivity (Wildman–Crippen MR) is 129 cm³/mol. The second-order valence-electron chi connectivity index (χ2n) is 7.56. The lowest BCUT2D eigenvalue weighted by molar-refractivity contribution is 0.0770. The van der Waals surface area contributed by atoms with E-state index in [-0.39, 0.29) is 0 Å². The zero-order valence-corrected chi connectivity index (χ0v) is 20.0. The van der Waals surface area contributed by atoms with Crippen molar-refractivity contribution in [1.82, 2.24) is 19.8 Å². The molecule has 2 aromatic rings. The second-order valence-corrected chi connectivity index (χ2v) is 7.56. The van der Waals surface area contributed by atoms with Gasteiger partial charge in [-0.2, -0.15) is 0 Å². The van der Waals surface area contributed by atoms with Crippen molar-refractivity contribution in [3.8, 4) is 0 Å². The van der Waals surface area contributed by atoms with Crippen molar-refractivity contribution in [2.45, 2.75) is 65.5 Å². The summed E-state index contributed by atoms with van der Waals surface area (Å²) >= 11 is 0. The number of nitrogens with zero attached hydrogens (tertiary/aromatic N) is 4. The minimum absolute atomic E-state index is 0.534. The molecule has 2 atom stereocenters. The van der Waals surface area contributed by atoms with Crippen LogP contribution in [0.4, 0.5) is 0 Å². The van der Waals surface area contributed by atoms with Crippen LogP contribution in [0.2, 0.25) is 0 Å². The van der Waals surface area contributed by atoms with Gasteiger partial charge in [-0.05, 0) is 74.2 Å². The maximum absolute atomic E-state index is 6.02. The van der Waals surface area contributed by atoms with Crippen LogP contribution in [0.1, 0.15) is 76.6 Å². The van der Waals surface area contributed by atoms with Crippen LogP contribution in [0.3, 0.4) is 0 Å². The summed E-state index contributed by atoms with van der Waals surface area (Å²) in [5, 5.41) is 0. The van der Waals surface area contributed by atoms with Crippen LogP contribution < -0.4 is 0 Å². The smallest absolute Gasteiger partial charge is 0.0594 e. The Bertz CT molecular complexity index is 623. The number of hydrogen-bond acceptors (Lipinski definition) is 5. The Morgan fingerprint density at radius 3 is 1.48 bits per heavy atom. The molecule has 172 valence electrons. The van der Waals surface area contributed by atoms with Gasteiger partial charge in [-0.15, -0.1) is 0 Å². The molecule has 0 aromatic carbocycles. The van der Waals surface area contributed by atoms with Crippen molar-refractivity contribution in [3.63, 3.8) is 0 Å². The SMILES string of the molecule is CC.CC.c1cc([C@H]2CCCN2CCOCCN2CCC[C@H]2c2ccncc2)ccn1. The first-order valence-electron chi connectivity index (χ1n) is 12.3. The van der Waals surface area contributed by atoms with Gasteiger partial charge in [0.15, 0.2) is 0 Å². The Kier molecular flexibility index (Phi) is 12.4. The van der Waals surface area contributed by atoms with Gasteiger partial charge in [-0.25, -0.2) is 0 Å². The van der Waals surface area contributed by atoms with Crippen LogP contribution in [0.15, 0.2) is 49.1 Å². The fourth-order valence-corrected chi connectivity index (χ4v) is 4.58. The molecule has 5 heteroatoms. The fraction of sp³-hybridized carbons (Fsp3) is 0.615. The molecular weight excluding hydrogens is 384 g/mol. The van der Waals surface area contributed by atoms with Crippen LogP contribution in [-0.4, -0.2) is 59.2 Å². The van der Waals surface area contributed by atoms with Crippen molar-refractivity contribution >= 4 is 0 Å². The highest BCUT2D eigenvalue weighted by atomic mass is 16.5. The first-order chi connectivity index (χ1) is 15.4. The van der Waals surface area contributed by atoms with E-state index in [4.69, 9.17) is 4.74 Å². The van der Waals surface area contributed by atoms with E-state index in [2.05, 4.69) is 44.0 Å². The van der Waals surface area contributed by atoms with Crippen molar-refractivity contribution in [1.29, 1.82) is 0 Å². The lowest BCUT2D eigenvalue weighted by atomic mass is 10.1. The standard InChI is InChI=1S/C22H30N4O.2C2H6/c1-3-21(19-5-9-23-10-6-19)25(13-1)15-17-27-18-16-26-14-2-4-22(26)20-7-11-24-12-8-20;2*1-2/h5-12,21-22H,1-4,13-18H2;2*1-2H3/t21-,22+;;. The molecule has 0 radical (unpaired) electrons. The molecule has 2 fully saturated rings. The molecule has 31 heavy (non-hydrogen) atoms. The van der Waals surface area contributed by atoms with E-state index in [9.17, 15) is 0 Å². The van der Waals surface area contributed by atoms with E-state index in [0.717, 1.165) is 26.3 Å². The highest BCUT2D eigenvalue weighted by Crippen LogP contribution is 2.32. The van der Waals surface area contributed by atoms with Gasteiger partial charge >= 0.3 is 0 Å². The van der Waals surface area contributed by atoms with Gasteiger partial charge in [-0.3, -0.25) is 19.8 Å². The van der Waals surface area contributed by atoms with Crippen molar-refractivity contribution in [3.05, 3.63) is 60.2 Å². The van der Waals surface area contributed by atoms with E-state index in [0.29, 0.717) is 12.1 Å². The average Bonchev–Trinajstić information content (AvgIpc) is 3.52. The van der Waals surface area contributed by atoms with Gasteiger partial charge in [-0.1, -0.05) is 27.7 Å². The molecule has 0 bridgehead atoms. The summed E-state index contributed by atoms with van der Waals surface area (Å²) < 4.78 is 6.02. The molecule has 2 aromatic heterocycles. The van der Waals surface area contributed by atoms with Gasteiger partial charge in [0.05, 0.1) is 13.2 Å². The average molecular weight is 427 g/mol. The van der Waals surface area contributed by atoms with Crippen LogP contribution in [0, 0.1) is 0 Å². The summed E-state index contributed by atoms with van der Waals surface area (Å²) in [5.41, 5.74) is 2.78. The summed E-state index contributed by atoms with van der Waals surface area (Å²) in [4.78, 5) is 13.4. The molecule has 4 heterocycles. The molecule has 4 rings (SSSR count). The number of likely N-dealkylation sites (tertiary alicyclic amines) is 2. The number of hydrogen-bond donors (Lipinski definition) is 0. The van der Waals surface area contributed by atoms with Gasteiger partial charge < -0.3 is 4.74 Å². The van der Waals surface area contributed by atoms with Gasteiger partial charge in [0.25, 0.3) is 0 Å². The number of rotatable bonds is 8. The quantitative estimate of drug-likeness (QED) is 0.520. The zero-order chi connectivity index (χ0) is 22.3. The summed E-state index contributed by atoms with van der Waals surface area (Å²) in [5.74, 6) is 0. The molecular formula is C26H42N4O. The molecule has 2 saturated heterocycles. The van der Waals surface area contributed by atoms with Gasteiger partial charge in [0, 0.05) is 50.0 Å². The zero-order valence-electron chi connectivity index (χ0n) is 20.0. The van der Waals surface area contributed by atoms with E-state index in [1.54, 1.807) is 0 Å². The molecule has 0 N–H and O–H groups in total. The normalized spacial score (nSPS) is 21.2. The van der Waals surface area contributed by atoms with Crippen molar-refractivity contribution in [2.24, 2.45) is 0 Å². The number of ether oxygens (including phenoxy) is 1. The summed E-state index contributed by atoms with van der Waals surface area (Å²) in [7, 11) is 0. The third-order valence-corrected chi connectivity index (χ3v) is 5.95. The largest absolute Gasteiger partial charge is 0.379 e. The van der Waals surface area contributed by atoms with E-state index in [1.165, 1.54) is 49.9 Å². The third kappa shape index (κ3) is 7.67. The molecule has 0 aliphatic carbocycles. The second kappa shape index (κ2) is 15.1. The Hall–Kier alpha value is -1.82. The molecule has 0 amide bonds. The molecule has 0 unspecified atom stereocenters. The molecule has 0 saturated carbocycles. The first-order valence-corrected chi connectivity index (χ1v) is 12.3. The highest BCUT2D eigenvalue weighted by Gasteiger charge is 2.26. The number of pyridine rings is 2. The first kappa shape index (κ1) is 25.4. The maximum Gasteiger partial charge on any atom is 0.0594 e. The fourth-order valence-electron chi connectivity index (χ4n) is 4.58. The topological polar surface area (TPSA) is 41.5 Å². The predicted octanol–water partition coefficient (Wildman–Crippen LogP) is 5.52. The van der Waals surface area contributed by atoms with Crippen molar-refractivity contribution < 1.29 is 4.74 Å². The van der Waals surface area contributed by atoms with Crippen LogP contribution in [0.25, 0.3) is 0 Å². The maximum atomic E-state index is 6.02. The summed E-state index contributed by atoms with van der Waals surface area (Å²) in [6.07, 6.45) is 12.6. The minimum atomic E-state index is 0.534. The lowest BCUT2D eigenvalue weighted by Crippen LogP contribution is -2.30. The van der Waals surface area contributed by atoms with Gasteiger partial charge in [0.1, 0.15) is 0 Å². The van der Waals surface area contributed by atoms with E-state index >= 15 is 0 Å². The molecule has 2 aliphatic rings. The highest BCUT2D eigenvalue weighted by molar-refractivity contribution is 5.17. The Labute approximate surface area is 189 Å². The molecule has 2 aliphatic heterocycles. The van der Waals surface area contributed by atoms with Gasteiger partial charge in [0.2, 0.25) is 0 Å². The van der Waals surface area contributed by atoms with Crippen LogP contribution in [0.5, 0.6) is 0 Å². The van der Waals surface area contributed by atoms with Crippen molar-refractivity contribution in [2.75, 3.05) is 39.4 Å². The van der Waals surface area contributed by atoms with E-state index < -0.39 is 0 Å². The minimum Gasteiger partial charge on any atom is -0.379 e. The Morgan fingerprint density at radius 2 is 1.10 bits per heavy atom. The third-order valence-electron chi connectivity index (χ3n) is 5.95. The molecule has 0 spiro atoms. The Balaban J connectivity index is 0.000000807. The summed E-state index contributed by atoms with van der Waals surface area (Å²) in [6, 6.07) is 9.66. The van der Waals surface area contributed by atoms with Crippen LogP contribution in [-0.2, 0) is 4.74 Å². The monoisotopic (exact) mass is 426 g/mol.